The molecule has 1 aromatic heterocycles. The van der Waals surface area contributed by atoms with Gasteiger partial charge in [-0.15, -0.1) is 0 Å². The standard InChI is InChI=1S/C13H22N4O3S/c1-2-8-15-11-6-5-9-16-13(11)21(19,20)17-10-4-3-7-12(14)18/h5-6,9,15,17H,2-4,7-8,10H2,1H3,(H2,14,18). The highest BCUT2D eigenvalue weighted by molar-refractivity contribution is 7.89. The normalized spacial score (nSPS) is 11.3. The number of aromatic nitrogens is 1. The number of hydrogen-bond acceptors (Lipinski definition) is 5. The summed E-state index contributed by atoms with van der Waals surface area (Å²) in [6.45, 7) is 2.92. The van der Waals surface area contributed by atoms with Crippen LogP contribution in [-0.4, -0.2) is 32.4 Å². The summed E-state index contributed by atoms with van der Waals surface area (Å²) in [5.74, 6) is -0.381. The molecule has 0 aliphatic rings. The lowest BCUT2D eigenvalue weighted by Gasteiger charge is -2.11. The highest BCUT2D eigenvalue weighted by Crippen LogP contribution is 2.17. The second-order valence-corrected chi connectivity index (χ2v) is 6.29. The molecule has 0 saturated carbocycles. The van der Waals surface area contributed by atoms with Gasteiger partial charge in [-0.1, -0.05) is 6.92 Å². The molecule has 21 heavy (non-hydrogen) atoms. The Morgan fingerprint density at radius 3 is 2.76 bits per heavy atom. The molecule has 1 heterocycles. The Hall–Kier alpha value is -1.67. The molecule has 0 saturated heterocycles. The van der Waals surface area contributed by atoms with Crippen LogP contribution in [0, 0.1) is 0 Å². The van der Waals surface area contributed by atoms with Crippen LogP contribution in [0.2, 0.25) is 0 Å². The predicted molar refractivity (Wildman–Crippen MR) is 81.3 cm³/mol. The Labute approximate surface area is 125 Å². The van der Waals surface area contributed by atoms with Crippen LogP contribution in [0.15, 0.2) is 23.4 Å². The molecule has 1 amide bonds. The van der Waals surface area contributed by atoms with Crippen molar-refractivity contribution in [1.29, 1.82) is 0 Å². The summed E-state index contributed by atoms with van der Waals surface area (Å²) in [6, 6.07) is 3.37. The zero-order valence-corrected chi connectivity index (χ0v) is 12.9. The number of nitrogens with two attached hydrogens (primary N) is 1. The minimum Gasteiger partial charge on any atom is -0.383 e. The first kappa shape index (κ1) is 17.4. The zero-order valence-electron chi connectivity index (χ0n) is 12.1. The van der Waals surface area contributed by atoms with Crippen LogP contribution < -0.4 is 15.8 Å². The maximum absolute atomic E-state index is 12.2. The minimum absolute atomic E-state index is 0.00616. The minimum atomic E-state index is -3.66. The summed E-state index contributed by atoms with van der Waals surface area (Å²) in [6.07, 6.45) is 3.69. The molecular formula is C13H22N4O3S. The van der Waals surface area contributed by atoms with Gasteiger partial charge in [-0.05, 0) is 31.4 Å². The maximum atomic E-state index is 12.2. The fourth-order valence-corrected chi connectivity index (χ4v) is 2.88. The average molecular weight is 314 g/mol. The Morgan fingerprint density at radius 2 is 2.10 bits per heavy atom. The van der Waals surface area contributed by atoms with Crippen molar-refractivity contribution in [2.75, 3.05) is 18.4 Å². The van der Waals surface area contributed by atoms with Gasteiger partial charge in [-0.25, -0.2) is 18.1 Å². The van der Waals surface area contributed by atoms with E-state index < -0.39 is 10.0 Å². The van der Waals surface area contributed by atoms with Crippen molar-refractivity contribution in [2.45, 2.75) is 37.6 Å². The van der Waals surface area contributed by atoms with Crippen molar-refractivity contribution in [2.24, 2.45) is 5.73 Å². The van der Waals surface area contributed by atoms with Gasteiger partial charge < -0.3 is 11.1 Å². The van der Waals surface area contributed by atoms with Crippen LogP contribution in [0.5, 0.6) is 0 Å². The monoisotopic (exact) mass is 314 g/mol. The topological polar surface area (TPSA) is 114 Å². The molecule has 0 aliphatic carbocycles. The molecule has 1 aromatic rings. The van der Waals surface area contributed by atoms with E-state index in [0.717, 1.165) is 6.42 Å². The second kappa shape index (κ2) is 8.58. The third-order valence-electron chi connectivity index (χ3n) is 2.73. The summed E-state index contributed by atoms with van der Waals surface area (Å²) < 4.78 is 26.9. The van der Waals surface area contributed by atoms with Gasteiger partial charge in [0, 0.05) is 25.7 Å². The molecule has 118 valence electrons. The molecule has 8 heteroatoms. The summed E-state index contributed by atoms with van der Waals surface area (Å²) in [4.78, 5) is 14.5. The fourth-order valence-electron chi connectivity index (χ4n) is 1.70. The first-order valence-electron chi connectivity index (χ1n) is 6.94. The van der Waals surface area contributed by atoms with Crippen LogP contribution in [-0.2, 0) is 14.8 Å². The second-order valence-electron chi connectivity index (χ2n) is 4.60. The number of carbonyl (C=O) groups excluding carboxylic acids is 1. The molecule has 0 bridgehead atoms. The number of nitrogens with zero attached hydrogens (tertiary/aromatic N) is 1. The van der Waals surface area contributed by atoms with Gasteiger partial charge in [0.25, 0.3) is 10.0 Å². The van der Waals surface area contributed by atoms with Crippen LogP contribution in [0.25, 0.3) is 0 Å². The van der Waals surface area contributed by atoms with Crippen LogP contribution in [0.1, 0.15) is 32.6 Å². The Kier molecular flexibility index (Phi) is 7.10. The Balaban J connectivity index is 2.63. The van der Waals surface area contributed by atoms with E-state index in [1.165, 1.54) is 6.20 Å². The highest BCUT2D eigenvalue weighted by Gasteiger charge is 2.19. The number of carbonyl (C=O) groups is 1. The van der Waals surface area contributed by atoms with E-state index in [-0.39, 0.29) is 23.9 Å². The number of anilines is 1. The summed E-state index contributed by atoms with van der Waals surface area (Å²) in [7, 11) is -3.66. The first-order valence-corrected chi connectivity index (χ1v) is 8.42. The van der Waals surface area contributed by atoms with E-state index in [4.69, 9.17) is 5.73 Å². The van der Waals surface area contributed by atoms with Gasteiger partial charge in [-0.3, -0.25) is 4.79 Å². The fraction of sp³-hybridized carbons (Fsp3) is 0.538. The third-order valence-corrected chi connectivity index (χ3v) is 4.15. The van der Waals surface area contributed by atoms with Gasteiger partial charge in [0.2, 0.25) is 5.91 Å². The molecule has 0 atom stereocenters. The quantitative estimate of drug-likeness (QED) is 0.554. The molecule has 1 rings (SSSR count). The largest absolute Gasteiger partial charge is 0.383 e. The SMILES string of the molecule is CCCNc1cccnc1S(=O)(=O)NCCCCC(N)=O. The van der Waals surface area contributed by atoms with Crippen molar-refractivity contribution in [3.8, 4) is 0 Å². The van der Waals surface area contributed by atoms with E-state index in [1.807, 2.05) is 6.92 Å². The van der Waals surface area contributed by atoms with Crippen LogP contribution in [0.4, 0.5) is 5.69 Å². The lowest BCUT2D eigenvalue weighted by Crippen LogP contribution is -2.27. The van der Waals surface area contributed by atoms with E-state index in [2.05, 4.69) is 15.0 Å². The maximum Gasteiger partial charge on any atom is 0.260 e. The highest BCUT2D eigenvalue weighted by atomic mass is 32.2. The van der Waals surface area contributed by atoms with Crippen molar-refractivity contribution < 1.29 is 13.2 Å². The van der Waals surface area contributed by atoms with Crippen molar-refractivity contribution in [3.05, 3.63) is 18.3 Å². The number of pyridine rings is 1. The number of primary amides is 1. The smallest absolute Gasteiger partial charge is 0.260 e. The number of nitrogens with one attached hydrogen (secondary N) is 2. The van der Waals surface area contributed by atoms with E-state index in [1.54, 1.807) is 12.1 Å². The predicted octanol–water partition coefficient (Wildman–Crippen LogP) is 0.837. The van der Waals surface area contributed by atoms with Crippen LogP contribution in [0.3, 0.4) is 0 Å². The Morgan fingerprint density at radius 1 is 1.33 bits per heavy atom. The van der Waals surface area contributed by atoms with E-state index >= 15 is 0 Å². The molecular weight excluding hydrogens is 292 g/mol. The van der Waals surface area contributed by atoms with Crippen LogP contribution >= 0.6 is 0 Å². The molecule has 4 N–H and O–H groups in total. The number of amides is 1. The van der Waals surface area contributed by atoms with Crippen molar-refractivity contribution in [1.82, 2.24) is 9.71 Å². The lowest BCUT2D eigenvalue weighted by atomic mass is 10.2. The molecule has 0 unspecified atom stereocenters. The molecule has 0 radical (unpaired) electrons. The lowest BCUT2D eigenvalue weighted by molar-refractivity contribution is -0.118. The molecule has 0 aliphatic heterocycles. The number of unbranched alkanes of at least 4 members (excludes halogenated alkanes) is 1. The number of rotatable bonds is 10. The molecule has 7 nitrogen and oxygen atoms in total. The van der Waals surface area contributed by atoms with Crippen molar-refractivity contribution >= 4 is 21.6 Å². The first-order chi connectivity index (χ1) is 9.97. The summed E-state index contributed by atoms with van der Waals surface area (Å²) >= 11 is 0. The molecule has 0 spiro atoms. The van der Waals surface area contributed by atoms with Gasteiger partial charge in [0.05, 0.1) is 5.69 Å². The third kappa shape index (κ3) is 6.09. The van der Waals surface area contributed by atoms with Gasteiger partial charge in [-0.2, -0.15) is 0 Å². The summed E-state index contributed by atoms with van der Waals surface area (Å²) in [5.41, 5.74) is 5.51. The van der Waals surface area contributed by atoms with E-state index in [9.17, 15) is 13.2 Å². The van der Waals surface area contributed by atoms with Gasteiger partial charge in [0.1, 0.15) is 0 Å². The number of sulfonamides is 1. The van der Waals surface area contributed by atoms with Gasteiger partial charge in [0.15, 0.2) is 5.03 Å². The Bertz CT molecular complexity index is 560. The van der Waals surface area contributed by atoms with Crippen molar-refractivity contribution in [3.63, 3.8) is 0 Å². The average Bonchev–Trinajstić information content (AvgIpc) is 2.44. The molecule has 0 aromatic carbocycles. The zero-order chi connectivity index (χ0) is 15.7. The summed E-state index contributed by atoms with van der Waals surface area (Å²) in [5, 5.41) is 3.04. The van der Waals surface area contributed by atoms with E-state index in [0.29, 0.717) is 25.1 Å². The van der Waals surface area contributed by atoms with Gasteiger partial charge >= 0.3 is 0 Å². The molecule has 0 fully saturated rings. The number of hydrogen-bond donors (Lipinski definition) is 3.